The van der Waals surface area contributed by atoms with Gasteiger partial charge in [0.2, 0.25) is 5.95 Å². The predicted molar refractivity (Wildman–Crippen MR) is 156 cm³/mol. The molecule has 11 heteroatoms. The number of benzene rings is 2. The number of nitrogens with zero attached hydrogens (tertiary/aromatic N) is 3. The molecule has 0 spiro atoms. The van der Waals surface area contributed by atoms with Gasteiger partial charge in [0, 0.05) is 54.0 Å². The maximum absolute atomic E-state index is 14.1. The normalized spacial score (nSPS) is 11.6. The van der Waals surface area contributed by atoms with Crippen molar-refractivity contribution in [1.29, 1.82) is 0 Å². The summed E-state index contributed by atoms with van der Waals surface area (Å²) in [6.07, 6.45) is 2.18. The van der Waals surface area contributed by atoms with Gasteiger partial charge < -0.3 is 25.6 Å². The molecule has 9 nitrogen and oxygen atoms in total. The zero-order chi connectivity index (χ0) is 28.3. The molecule has 39 heavy (non-hydrogen) atoms. The van der Waals surface area contributed by atoms with Gasteiger partial charge in [-0.3, -0.25) is 9.36 Å². The molecule has 206 valence electrons. The first-order chi connectivity index (χ1) is 18.6. The lowest BCUT2D eigenvalue weighted by molar-refractivity contribution is 0.170. The van der Waals surface area contributed by atoms with Crippen molar-refractivity contribution in [1.82, 2.24) is 14.5 Å². The summed E-state index contributed by atoms with van der Waals surface area (Å²) in [5, 5.41) is 13.8. The van der Waals surface area contributed by atoms with E-state index in [0.717, 1.165) is 5.56 Å². The highest BCUT2D eigenvalue weighted by atomic mass is 35.5. The molecule has 0 aliphatic rings. The Morgan fingerprint density at radius 1 is 1.08 bits per heavy atom. The Morgan fingerprint density at radius 2 is 1.72 bits per heavy atom. The summed E-state index contributed by atoms with van der Waals surface area (Å²) < 4.78 is 12.4. The minimum atomic E-state index is -0.379. The Morgan fingerprint density at radius 3 is 2.31 bits per heavy atom. The lowest BCUT2D eigenvalue weighted by Gasteiger charge is -2.22. The number of nitrogen functional groups attached to an aromatic ring is 1. The van der Waals surface area contributed by atoms with Crippen LogP contribution in [0.5, 0.6) is 11.5 Å². The number of fused-ring (bicyclic) bond motifs is 1. The minimum absolute atomic E-state index is 0.00520. The summed E-state index contributed by atoms with van der Waals surface area (Å²) in [6, 6.07) is 10.7. The number of hydrogen-bond acceptors (Lipinski definition) is 8. The third-order valence-corrected chi connectivity index (χ3v) is 7.18. The van der Waals surface area contributed by atoms with Crippen molar-refractivity contribution >= 4 is 45.9 Å². The molecule has 4 N–H and O–H groups in total. The van der Waals surface area contributed by atoms with Crippen LogP contribution in [0.2, 0.25) is 10.0 Å². The van der Waals surface area contributed by atoms with Crippen LogP contribution >= 0.6 is 23.2 Å². The molecule has 0 radical (unpaired) electrons. The average Bonchev–Trinajstić information content (AvgIpc) is 2.93. The van der Waals surface area contributed by atoms with Crippen molar-refractivity contribution in [3.63, 3.8) is 0 Å². The van der Waals surface area contributed by atoms with E-state index in [2.05, 4.69) is 15.3 Å². The van der Waals surface area contributed by atoms with Crippen LogP contribution in [0, 0.1) is 5.41 Å². The van der Waals surface area contributed by atoms with Crippen molar-refractivity contribution in [2.24, 2.45) is 5.41 Å². The van der Waals surface area contributed by atoms with Gasteiger partial charge in [-0.15, -0.1) is 0 Å². The first kappa shape index (κ1) is 28.5. The fourth-order valence-corrected chi connectivity index (χ4v) is 4.76. The number of aliphatic hydroxyl groups excluding tert-OH is 1. The van der Waals surface area contributed by atoms with Gasteiger partial charge in [0.15, 0.2) is 0 Å². The first-order valence-electron chi connectivity index (χ1n) is 12.3. The number of aliphatic hydroxyl groups is 1. The molecule has 0 aliphatic heterocycles. The second kappa shape index (κ2) is 11.7. The zero-order valence-electron chi connectivity index (χ0n) is 22.2. The van der Waals surface area contributed by atoms with Crippen molar-refractivity contribution < 1.29 is 14.6 Å². The average molecular weight is 572 g/mol. The summed E-state index contributed by atoms with van der Waals surface area (Å²) in [5.74, 6) is 0.989. The van der Waals surface area contributed by atoms with Gasteiger partial charge in [0.05, 0.1) is 29.8 Å². The second-order valence-electron chi connectivity index (χ2n) is 9.94. The number of hydrogen-bond donors (Lipinski definition) is 3. The van der Waals surface area contributed by atoms with Crippen LogP contribution in [0.15, 0.2) is 47.4 Å². The number of aryl methyl sites for hydroxylation is 2. The number of methoxy groups -OCH3 is 2. The number of anilines is 2. The van der Waals surface area contributed by atoms with Crippen molar-refractivity contribution in [3.8, 4) is 22.6 Å². The number of nitrogens with two attached hydrogens (primary N) is 1. The summed E-state index contributed by atoms with van der Waals surface area (Å²) in [6.45, 7) is 4.60. The van der Waals surface area contributed by atoms with Crippen LogP contribution in [-0.2, 0) is 13.0 Å². The summed E-state index contributed by atoms with van der Waals surface area (Å²) in [7, 11) is 2.95. The van der Waals surface area contributed by atoms with E-state index in [0.29, 0.717) is 59.2 Å². The van der Waals surface area contributed by atoms with E-state index >= 15 is 0 Å². The molecule has 0 saturated carbocycles. The maximum atomic E-state index is 14.1. The SMILES string of the molecule is COc1cc(OC)c(Cl)c(-c2cc3cnc(NCC(C)(C)CO)nc3n(CCc3ccc(N)cc3)c2=O)c1Cl. The summed E-state index contributed by atoms with van der Waals surface area (Å²) in [4.78, 5) is 23.2. The lowest BCUT2D eigenvalue weighted by Crippen LogP contribution is -2.28. The van der Waals surface area contributed by atoms with Crippen LogP contribution in [0.3, 0.4) is 0 Å². The third-order valence-electron chi connectivity index (χ3n) is 6.43. The second-order valence-corrected chi connectivity index (χ2v) is 10.7. The largest absolute Gasteiger partial charge is 0.495 e. The monoisotopic (exact) mass is 571 g/mol. The fourth-order valence-electron chi connectivity index (χ4n) is 4.05. The van der Waals surface area contributed by atoms with Gasteiger partial charge in [-0.1, -0.05) is 49.2 Å². The molecule has 2 aromatic carbocycles. The van der Waals surface area contributed by atoms with Gasteiger partial charge in [-0.05, 0) is 30.2 Å². The topological polar surface area (TPSA) is 125 Å². The van der Waals surface area contributed by atoms with E-state index in [1.165, 1.54) is 14.2 Å². The highest BCUT2D eigenvalue weighted by Gasteiger charge is 2.23. The molecule has 4 aromatic rings. The quantitative estimate of drug-likeness (QED) is 0.226. The Kier molecular flexibility index (Phi) is 8.54. The number of ether oxygens (including phenoxy) is 2. The van der Waals surface area contributed by atoms with Gasteiger partial charge in [-0.2, -0.15) is 4.98 Å². The van der Waals surface area contributed by atoms with Gasteiger partial charge >= 0.3 is 0 Å². The van der Waals surface area contributed by atoms with Crippen LogP contribution in [-0.4, -0.2) is 47.0 Å². The highest BCUT2D eigenvalue weighted by molar-refractivity contribution is 6.41. The Bertz CT molecular complexity index is 1530. The molecule has 2 heterocycles. The molecular formula is C28H31Cl2N5O4. The number of rotatable bonds is 10. The number of nitrogens with one attached hydrogen (secondary N) is 1. The van der Waals surface area contributed by atoms with E-state index in [1.54, 1.807) is 22.9 Å². The Labute approximate surface area is 236 Å². The zero-order valence-corrected chi connectivity index (χ0v) is 23.7. The van der Waals surface area contributed by atoms with Crippen molar-refractivity contribution in [3.05, 3.63) is 68.6 Å². The van der Waals surface area contributed by atoms with Crippen molar-refractivity contribution in [2.45, 2.75) is 26.8 Å². The molecule has 0 fully saturated rings. The van der Waals surface area contributed by atoms with Crippen LogP contribution in [0.4, 0.5) is 11.6 Å². The molecule has 0 aliphatic carbocycles. The molecule has 2 aromatic heterocycles. The van der Waals surface area contributed by atoms with Gasteiger partial charge in [0.25, 0.3) is 5.56 Å². The Hall–Kier alpha value is -3.53. The van der Waals surface area contributed by atoms with Gasteiger partial charge in [0.1, 0.15) is 17.1 Å². The van der Waals surface area contributed by atoms with E-state index in [4.69, 9.17) is 38.4 Å². The maximum Gasteiger partial charge on any atom is 0.260 e. The first-order valence-corrected chi connectivity index (χ1v) is 13.0. The lowest BCUT2D eigenvalue weighted by atomic mass is 9.95. The highest BCUT2D eigenvalue weighted by Crippen LogP contribution is 2.45. The molecule has 0 unspecified atom stereocenters. The molecule has 0 bridgehead atoms. The molecule has 0 amide bonds. The molecule has 0 saturated heterocycles. The summed E-state index contributed by atoms with van der Waals surface area (Å²) in [5.41, 5.74) is 7.80. The Balaban J connectivity index is 1.90. The molecule has 4 rings (SSSR count). The number of pyridine rings is 1. The third kappa shape index (κ3) is 6.06. The minimum Gasteiger partial charge on any atom is -0.495 e. The standard InChI is InChI=1S/C28H31Cl2N5O4/c1-28(2,15-36)14-33-27-32-13-17-11-19(22-23(29)20(38-3)12-21(39-4)24(22)30)26(37)35(25(17)34-27)10-9-16-5-7-18(31)8-6-16/h5-8,11-13,36H,9-10,14-15,31H2,1-4H3,(H,32,33,34). The number of halogens is 2. The summed E-state index contributed by atoms with van der Waals surface area (Å²) >= 11 is 13.4. The van der Waals surface area contributed by atoms with E-state index in [-0.39, 0.29) is 33.2 Å². The molecule has 0 atom stereocenters. The fraction of sp³-hybridized carbons (Fsp3) is 0.321. The number of aromatic nitrogens is 3. The van der Waals surface area contributed by atoms with Crippen LogP contribution in [0.25, 0.3) is 22.2 Å². The van der Waals surface area contributed by atoms with E-state index < -0.39 is 0 Å². The van der Waals surface area contributed by atoms with Gasteiger partial charge in [-0.25, -0.2) is 4.98 Å². The van der Waals surface area contributed by atoms with E-state index in [9.17, 15) is 9.90 Å². The van der Waals surface area contributed by atoms with Crippen molar-refractivity contribution in [2.75, 3.05) is 38.4 Å². The molecular weight excluding hydrogens is 541 g/mol. The smallest absolute Gasteiger partial charge is 0.260 e. The van der Waals surface area contributed by atoms with E-state index in [1.807, 2.05) is 38.1 Å². The van der Waals surface area contributed by atoms with Crippen LogP contribution in [0.1, 0.15) is 19.4 Å². The van der Waals surface area contributed by atoms with Crippen LogP contribution < -0.4 is 26.1 Å². The predicted octanol–water partition coefficient (Wildman–Crippen LogP) is 5.04.